The minimum Gasteiger partial charge on any atom is -0.376 e. The summed E-state index contributed by atoms with van der Waals surface area (Å²) in [7, 11) is 0. The van der Waals surface area contributed by atoms with Gasteiger partial charge in [0.15, 0.2) is 0 Å². The van der Waals surface area contributed by atoms with Crippen LogP contribution in [-0.4, -0.2) is 34.6 Å². The number of H-pyrrole nitrogens is 1. The molecule has 18 heavy (non-hydrogen) atoms. The molecule has 2 rings (SSSR count). The van der Waals surface area contributed by atoms with E-state index in [0.717, 1.165) is 25.1 Å². The van der Waals surface area contributed by atoms with Crippen LogP contribution in [0.1, 0.15) is 32.5 Å². The predicted molar refractivity (Wildman–Crippen MR) is 68.1 cm³/mol. The molecular weight excluding hydrogens is 230 g/mol. The Balaban J connectivity index is 1.74. The summed E-state index contributed by atoms with van der Waals surface area (Å²) in [6, 6.07) is 0. The Labute approximate surface area is 107 Å². The highest BCUT2D eigenvalue weighted by atomic mass is 16.5. The molecule has 1 aliphatic heterocycles. The Kier molecular flexibility index (Phi) is 4.01. The molecule has 0 aromatic carbocycles. The van der Waals surface area contributed by atoms with Crippen LogP contribution in [0.25, 0.3) is 0 Å². The van der Waals surface area contributed by atoms with Crippen molar-refractivity contribution in [3.05, 3.63) is 18.2 Å². The number of nitrogens with zero attached hydrogens (tertiary/aromatic N) is 1. The lowest BCUT2D eigenvalue weighted by Gasteiger charge is -2.34. The van der Waals surface area contributed by atoms with E-state index in [0.29, 0.717) is 13.2 Å². The molecular formula is C13H21N3O2. The summed E-state index contributed by atoms with van der Waals surface area (Å²) >= 11 is 0. The van der Waals surface area contributed by atoms with Gasteiger partial charge in [-0.1, -0.05) is 0 Å². The van der Waals surface area contributed by atoms with E-state index in [1.807, 2.05) is 13.8 Å². The minimum absolute atomic E-state index is 0.0744. The molecule has 0 radical (unpaired) electrons. The van der Waals surface area contributed by atoms with Crippen LogP contribution < -0.4 is 5.32 Å². The van der Waals surface area contributed by atoms with E-state index in [4.69, 9.17) is 4.74 Å². The van der Waals surface area contributed by atoms with Crippen molar-refractivity contribution in [3.8, 4) is 0 Å². The van der Waals surface area contributed by atoms with Crippen molar-refractivity contribution in [2.75, 3.05) is 13.2 Å². The van der Waals surface area contributed by atoms with Crippen LogP contribution in [0, 0.1) is 5.92 Å². The molecule has 1 unspecified atom stereocenters. The van der Waals surface area contributed by atoms with Gasteiger partial charge in [0.05, 0.1) is 5.60 Å². The summed E-state index contributed by atoms with van der Waals surface area (Å²) in [4.78, 5) is 19.2. The molecule has 2 heterocycles. The van der Waals surface area contributed by atoms with Crippen LogP contribution in [0.15, 0.2) is 12.4 Å². The van der Waals surface area contributed by atoms with Gasteiger partial charge in [0.25, 0.3) is 0 Å². The number of imidazole rings is 1. The van der Waals surface area contributed by atoms with Crippen LogP contribution in [-0.2, 0) is 16.0 Å². The summed E-state index contributed by atoms with van der Waals surface area (Å²) in [6.45, 7) is 5.37. The Morgan fingerprint density at radius 3 is 3.17 bits per heavy atom. The molecule has 1 aromatic rings. The van der Waals surface area contributed by atoms with Crippen molar-refractivity contribution in [1.82, 2.24) is 15.3 Å². The van der Waals surface area contributed by atoms with Crippen molar-refractivity contribution in [3.63, 3.8) is 0 Å². The molecule has 1 amide bonds. The molecule has 5 nitrogen and oxygen atoms in total. The highest BCUT2D eigenvalue weighted by molar-refractivity contribution is 5.78. The second kappa shape index (κ2) is 5.52. The van der Waals surface area contributed by atoms with E-state index in [9.17, 15) is 4.79 Å². The zero-order valence-electron chi connectivity index (χ0n) is 11.0. The molecule has 100 valence electrons. The number of nitrogens with one attached hydrogen (secondary N) is 2. The Morgan fingerprint density at radius 1 is 1.67 bits per heavy atom. The van der Waals surface area contributed by atoms with Gasteiger partial charge in [0.1, 0.15) is 5.82 Å². The van der Waals surface area contributed by atoms with E-state index in [2.05, 4.69) is 15.3 Å². The summed E-state index contributed by atoms with van der Waals surface area (Å²) in [6.07, 6.45) is 5.86. The third-order valence-corrected chi connectivity index (χ3v) is 3.28. The van der Waals surface area contributed by atoms with Gasteiger partial charge in [-0.15, -0.1) is 0 Å². The Hall–Kier alpha value is -1.36. The Morgan fingerprint density at radius 2 is 2.50 bits per heavy atom. The fourth-order valence-electron chi connectivity index (χ4n) is 2.34. The zero-order valence-corrected chi connectivity index (χ0v) is 11.0. The molecule has 2 N–H and O–H groups in total. The summed E-state index contributed by atoms with van der Waals surface area (Å²) < 4.78 is 5.61. The molecule has 1 aromatic heterocycles. The van der Waals surface area contributed by atoms with Gasteiger partial charge >= 0.3 is 0 Å². The maximum Gasteiger partial charge on any atom is 0.223 e. The lowest BCUT2D eigenvalue weighted by Crippen LogP contribution is -2.41. The molecule has 5 heteroatoms. The number of aromatic nitrogens is 2. The SMILES string of the molecule is CC1(C)CC(C(=O)NCCc2ncc[nH]2)CCO1. The summed E-state index contributed by atoms with van der Waals surface area (Å²) in [5.41, 5.74) is -0.179. The number of ether oxygens (including phenoxy) is 1. The molecule has 1 atom stereocenters. The van der Waals surface area contributed by atoms with Crippen LogP contribution in [0.3, 0.4) is 0 Å². The van der Waals surface area contributed by atoms with E-state index < -0.39 is 0 Å². The average molecular weight is 251 g/mol. The molecule has 0 saturated carbocycles. The normalized spacial score (nSPS) is 22.7. The van der Waals surface area contributed by atoms with Crippen molar-refractivity contribution < 1.29 is 9.53 Å². The van der Waals surface area contributed by atoms with Gasteiger partial charge in [-0.3, -0.25) is 4.79 Å². The van der Waals surface area contributed by atoms with Crippen molar-refractivity contribution in [2.24, 2.45) is 5.92 Å². The monoisotopic (exact) mass is 251 g/mol. The van der Waals surface area contributed by atoms with Crippen molar-refractivity contribution >= 4 is 5.91 Å². The highest BCUT2D eigenvalue weighted by Crippen LogP contribution is 2.28. The number of hydrogen-bond acceptors (Lipinski definition) is 3. The van der Waals surface area contributed by atoms with E-state index in [1.54, 1.807) is 12.4 Å². The maximum absolute atomic E-state index is 12.0. The molecule has 0 bridgehead atoms. The first-order valence-corrected chi connectivity index (χ1v) is 6.47. The quantitative estimate of drug-likeness (QED) is 0.847. The third-order valence-electron chi connectivity index (χ3n) is 3.28. The smallest absolute Gasteiger partial charge is 0.223 e. The molecule has 0 spiro atoms. The topological polar surface area (TPSA) is 67.0 Å². The zero-order chi connectivity index (χ0) is 13.0. The van der Waals surface area contributed by atoms with E-state index in [1.165, 1.54) is 0 Å². The van der Waals surface area contributed by atoms with Gasteiger partial charge in [-0.25, -0.2) is 4.98 Å². The van der Waals surface area contributed by atoms with Crippen LogP contribution in [0.2, 0.25) is 0 Å². The summed E-state index contributed by atoms with van der Waals surface area (Å²) in [5.74, 6) is 1.12. The maximum atomic E-state index is 12.0. The first-order valence-electron chi connectivity index (χ1n) is 6.47. The fraction of sp³-hybridized carbons (Fsp3) is 0.692. The second-order valence-corrected chi connectivity index (χ2v) is 5.37. The lowest BCUT2D eigenvalue weighted by molar-refractivity contribution is -0.135. The average Bonchev–Trinajstić information content (AvgIpc) is 2.80. The Bertz CT molecular complexity index is 387. The number of rotatable bonds is 4. The van der Waals surface area contributed by atoms with Gasteiger partial charge < -0.3 is 15.0 Å². The van der Waals surface area contributed by atoms with Gasteiger partial charge in [0.2, 0.25) is 5.91 Å². The van der Waals surface area contributed by atoms with E-state index in [-0.39, 0.29) is 17.4 Å². The lowest BCUT2D eigenvalue weighted by atomic mass is 9.88. The fourth-order valence-corrected chi connectivity index (χ4v) is 2.34. The van der Waals surface area contributed by atoms with Crippen LogP contribution in [0.4, 0.5) is 0 Å². The van der Waals surface area contributed by atoms with Gasteiger partial charge in [-0.05, 0) is 26.7 Å². The number of aromatic amines is 1. The number of hydrogen-bond donors (Lipinski definition) is 2. The second-order valence-electron chi connectivity index (χ2n) is 5.37. The first kappa shape index (κ1) is 13.1. The van der Waals surface area contributed by atoms with Gasteiger partial charge in [0, 0.05) is 37.9 Å². The molecule has 0 aliphatic carbocycles. The highest BCUT2D eigenvalue weighted by Gasteiger charge is 2.32. The van der Waals surface area contributed by atoms with Gasteiger partial charge in [-0.2, -0.15) is 0 Å². The van der Waals surface area contributed by atoms with Crippen molar-refractivity contribution in [1.29, 1.82) is 0 Å². The summed E-state index contributed by atoms with van der Waals surface area (Å²) in [5, 5.41) is 2.97. The third kappa shape index (κ3) is 3.57. The van der Waals surface area contributed by atoms with E-state index >= 15 is 0 Å². The van der Waals surface area contributed by atoms with Crippen LogP contribution >= 0.6 is 0 Å². The number of carbonyl (C=O) groups is 1. The molecule has 1 aliphatic rings. The molecule has 1 saturated heterocycles. The van der Waals surface area contributed by atoms with Crippen molar-refractivity contribution in [2.45, 2.75) is 38.7 Å². The molecule has 1 fully saturated rings. The predicted octanol–water partition coefficient (Wildman–Crippen LogP) is 1.27. The minimum atomic E-state index is -0.179. The number of carbonyl (C=O) groups excluding carboxylic acids is 1. The standard InChI is InChI=1S/C13H21N3O2/c1-13(2)9-10(4-8-18-13)12(17)16-5-3-11-14-6-7-15-11/h6-7,10H,3-5,8-9H2,1-2H3,(H,14,15)(H,16,17). The first-order chi connectivity index (χ1) is 8.57. The van der Waals surface area contributed by atoms with Crippen LogP contribution in [0.5, 0.6) is 0 Å². The number of amides is 1. The largest absolute Gasteiger partial charge is 0.376 e.